The Morgan fingerprint density at radius 2 is 0.548 bits per heavy atom. The lowest BCUT2D eigenvalue weighted by molar-refractivity contribution is 0.305. The van der Waals surface area contributed by atoms with Crippen molar-refractivity contribution in [1.29, 1.82) is 0 Å². The van der Waals surface area contributed by atoms with E-state index in [1.54, 1.807) is 11.3 Å². The summed E-state index contributed by atoms with van der Waals surface area (Å²) in [7, 11) is 0. The molecule has 4 nitrogen and oxygen atoms in total. The number of terminal acetylenes is 2. The van der Waals surface area contributed by atoms with E-state index in [1.165, 1.54) is 259 Å². The van der Waals surface area contributed by atoms with E-state index in [9.17, 15) is 0 Å². The number of ether oxygens (including phenoxy) is 4. The molecule has 0 aliphatic carbocycles. The summed E-state index contributed by atoms with van der Waals surface area (Å²) in [5.74, 6) is 35.3. The van der Waals surface area contributed by atoms with Crippen LogP contribution in [0.25, 0.3) is 80.8 Å². The van der Waals surface area contributed by atoms with Crippen LogP contribution in [0.3, 0.4) is 0 Å². The van der Waals surface area contributed by atoms with E-state index in [1.807, 2.05) is 68.0 Å². The van der Waals surface area contributed by atoms with Gasteiger partial charge in [-0.05, 0) is 218 Å². The third-order valence-electron chi connectivity index (χ3n) is 20.8. The number of aryl methyl sites for hydroxylation is 4. The Hall–Kier alpha value is -7.98. The number of hydrogen-bond acceptors (Lipinski definition) is 11. The maximum Gasteiger partial charge on any atom is 0.149 e. The van der Waals surface area contributed by atoms with Crippen LogP contribution >= 0.6 is 79.4 Å². The minimum Gasteiger partial charge on any atom is -0.493 e. The summed E-state index contributed by atoms with van der Waals surface area (Å²) in [6, 6.07) is 32.3. The van der Waals surface area contributed by atoms with Crippen LogP contribution < -0.4 is 18.9 Å². The summed E-state index contributed by atoms with van der Waals surface area (Å²) in [6.07, 6.45) is 64.9. The van der Waals surface area contributed by atoms with Gasteiger partial charge in [0.15, 0.2) is 0 Å². The predicted molar refractivity (Wildman–Crippen MR) is 507 cm³/mol. The van der Waals surface area contributed by atoms with Crippen molar-refractivity contribution < 1.29 is 18.9 Å². The third kappa shape index (κ3) is 30.2. The zero-order valence-corrected chi connectivity index (χ0v) is 75.3. The van der Waals surface area contributed by atoms with Crippen molar-refractivity contribution in [3.8, 4) is 200 Å². The van der Waals surface area contributed by atoms with E-state index in [4.69, 9.17) is 31.8 Å². The molecule has 0 saturated heterocycles. The number of unbranched alkanes of at least 4 members (excludes halogenated alkanes) is 30. The molecule has 9 aromatic rings. The molecule has 0 aliphatic heterocycles. The summed E-state index contributed by atoms with van der Waals surface area (Å²) >= 11 is 13.0. The molecule has 7 heterocycles. The molecule has 11 heteroatoms. The Kier molecular flexibility index (Phi) is 42.8. The number of hydrogen-bond donors (Lipinski definition) is 0. The Morgan fingerprint density at radius 3 is 0.948 bits per heavy atom. The minimum absolute atomic E-state index is 0.612. The van der Waals surface area contributed by atoms with E-state index in [2.05, 4.69) is 220 Å². The molecular weight excluding hydrogens is 1540 g/mol. The number of benzene rings is 2. The molecule has 0 radical (unpaired) electrons. The van der Waals surface area contributed by atoms with Crippen LogP contribution in [0, 0.1) is 96.1 Å². The average molecular weight is 1660 g/mol. The topological polar surface area (TPSA) is 36.9 Å². The Labute approximate surface area is 721 Å². The first-order valence-corrected chi connectivity index (χ1v) is 49.2. The summed E-state index contributed by atoms with van der Waals surface area (Å²) in [4.78, 5) is 14.8. The van der Waals surface area contributed by atoms with E-state index >= 15 is 0 Å². The normalized spacial score (nSPS) is 10.7. The second-order valence-electron chi connectivity index (χ2n) is 29.9. The third-order valence-corrected chi connectivity index (χ3v) is 29.2. The van der Waals surface area contributed by atoms with Crippen LogP contribution in [0.2, 0.25) is 0 Å². The van der Waals surface area contributed by atoms with Crippen molar-refractivity contribution in [3.05, 3.63) is 118 Å². The van der Waals surface area contributed by atoms with Gasteiger partial charge in [-0.15, -0.1) is 92.2 Å². The van der Waals surface area contributed by atoms with Gasteiger partial charge in [0.1, 0.15) is 35.2 Å². The Bertz CT molecular complexity index is 4900. The first-order valence-electron chi connectivity index (χ1n) is 43.4. The molecule has 0 spiro atoms. The highest BCUT2D eigenvalue weighted by molar-refractivity contribution is 7.28. The molecule has 0 aliphatic rings. The van der Waals surface area contributed by atoms with Gasteiger partial charge in [0.2, 0.25) is 0 Å². The van der Waals surface area contributed by atoms with Crippen molar-refractivity contribution in [2.45, 2.75) is 298 Å². The molecule has 0 fully saturated rings. The van der Waals surface area contributed by atoms with E-state index in [0.717, 1.165) is 113 Å². The molecule has 115 heavy (non-hydrogen) atoms. The van der Waals surface area contributed by atoms with Crippen LogP contribution in [0.15, 0.2) is 95.7 Å². The lowest BCUT2D eigenvalue weighted by atomic mass is 10.00. The highest BCUT2D eigenvalue weighted by atomic mass is 32.1. The fourth-order valence-corrected chi connectivity index (χ4v) is 22.5. The number of thiophene rings is 7. The first-order chi connectivity index (χ1) is 56.8. The van der Waals surface area contributed by atoms with E-state index in [-0.39, 0.29) is 0 Å². The van der Waals surface area contributed by atoms with Gasteiger partial charge >= 0.3 is 0 Å². The highest BCUT2D eigenvalue weighted by Crippen LogP contribution is 2.53. The predicted octanol–water partition coefficient (Wildman–Crippen LogP) is 32.5. The molecule has 2 aromatic carbocycles. The van der Waals surface area contributed by atoms with Crippen molar-refractivity contribution in [2.24, 2.45) is 0 Å². The summed E-state index contributed by atoms with van der Waals surface area (Å²) in [5.41, 5.74) is 9.47. The quantitative estimate of drug-likeness (QED) is 0.0281. The van der Waals surface area contributed by atoms with Gasteiger partial charge in [0, 0.05) is 116 Å². The standard InChI is InChI=1S/C104H120O4S7/c1-9-17-25-33-41-49-57-81-67-73-109-102(81)96-64-61-93(111-96)85-77-90(106-70-54-46-38-30-22-14-6)86(78-89(85)105-69-53-45-37-29-21-13-5)95-63-66-98(113-95)104-84(60-52-44-36-28-20-12-4)76-100(115-104)99-75-83(59-51-43-35-27-19-11-3)101(114-99)88-80-91(107-71-55-47-39-31-23-15-7)87(79-92(88)108-72-56-48-40-32-24-16-8)94-62-65-97(112-94)103-82(68-74-110-103)58-50-42-34-26-18-10-2/h5,8,61-68,73-80H,9-12,14-15,17-20,22-23,25-28,30-31,33-36,38-39,41-44,46-47,49-52,54-55,57-60,70-71H2,1-4,6-7H3. The Morgan fingerprint density at radius 1 is 0.252 bits per heavy atom. The molecule has 0 unspecified atom stereocenters. The van der Waals surface area contributed by atoms with Crippen molar-refractivity contribution in [2.75, 3.05) is 13.2 Å². The summed E-state index contributed by atoms with van der Waals surface area (Å²) in [6.45, 7) is 15.0. The second kappa shape index (κ2) is 54.1. The molecule has 9 rings (SSSR count). The smallest absolute Gasteiger partial charge is 0.149 e. The van der Waals surface area contributed by atoms with Gasteiger partial charge in [-0.2, -0.15) is 0 Å². The molecule has 0 atom stereocenters. The van der Waals surface area contributed by atoms with Crippen LogP contribution in [-0.2, 0) is 25.7 Å². The molecule has 0 amide bonds. The van der Waals surface area contributed by atoms with Crippen molar-refractivity contribution in [3.63, 3.8) is 0 Å². The van der Waals surface area contributed by atoms with Gasteiger partial charge in [0.25, 0.3) is 0 Å². The summed E-state index contributed by atoms with van der Waals surface area (Å²) < 4.78 is 27.5. The van der Waals surface area contributed by atoms with Crippen LogP contribution in [0.5, 0.6) is 23.0 Å². The van der Waals surface area contributed by atoms with E-state index in [0.29, 0.717) is 24.7 Å². The molecule has 0 N–H and O–H groups in total. The summed E-state index contributed by atoms with van der Waals surface area (Å²) in [5, 5.41) is 4.52. The van der Waals surface area contributed by atoms with Crippen LogP contribution in [-0.4, -0.2) is 13.2 Å². The second-order valence-corrected chi connectivity index (χ2v) is 37.1. The van der Waals surface area contributed by atoms with E-state index < -0.39 is 0 Å². The fraction of sp³-hybridized carbons (Fsp3) is 0.462. The van der Waals surface area contributed by atoms with Gasteiger partial charge in [-0.1, -0.05) is 234 Å². The van der Waals surface area contributed by atoms with Crippen molar-refractivity contribution in [1.82, 2.24) is 0 Å². The zero-order chi connectivity index (χ0) is 80.5. The van der Waals surface area contributed by atoms with Gasteiger partial charge in [0.05, 0.1) is 13.2 Å². The van der Waals surface area contributed by atoms with Gasteiger partial charge < -0.3 is 18.9 Å². The lowest BCUT2D eigenvalue weighted by Gasteiger charge is -2.16. The average Bonchev–Trinajstić information content (AvgIpc) is 1.66. The van der Waals surface area contributed by atoms with Crippen molar-refractivity contribution >= 4 is 79.4 Å². The SMILES string of the molecule is C#CC#CC#CC#COc1cc(-c2ccc(-c3sc(-c4cc(CCCCCCCC)c(-c5cc(OCCCCCCCC)c(-c6ccc(-c7sccc7CCCCCCCC)s6)cc5OC#CC#CC#CC#C)s4)cc3CCCCCCCC)s2)c(OCCCCCCCC)cc1-c1ccc(-c2sccc2CCCCCCCC)s1. The Balaban J connectivity index is 1.16. The first kappa shape index (κ1) is 90.9. The molecule has 7 aromatic heterocycles. The fourth-order valence-electron chi connectivity index (χ4n) is 14.5. The van der Waals surface area contributed by atoms with Gasteiger partial charge in [-0.3, -0.25) is 0 Å². The molecule has 0 bridgehead atoms. The molecular formula is C104H120O4S7. The maximum absolute atomic E-state index is 7.14. The monoisotopic (exact) mass is 1660 g/mol. The highest BCUT2D eigenvalue weighted by Gasteiger charge is 2.26. The minimum atomic E-state index is 0.612. The van der Waals surface area contributed by atoms with Gasteiger partial charge in [-0.25, -0.2) is 0 Å². The largest absolute Gasteiger partial charge is 0.493 e. The van der Waals surface area contributed by atoms with Crippen LogP contribution in [0.1, 0.15) is 295 Å². The maximum atomic E-state index is 7.14. The zero-order valence-electron chi connectivity index (χ0n) is 69.6. The number of rotatable bonds is 54. The van der Waals surface area contributed by atoms with Crippen LogP contribution in [0.4, 0.5) is 0 Å². The molecule has 0 saturated carbocycles. The molecule has 602 valence electrons. The lowest BCUT2D eigenvalue weighted by Crippen LogP contribution is -2.00.